The molecule has 6 rings (SSSR count). The number of benzene rings is 3. The van der Waals surface area contributed by atoms with Crippen LogP contribution in [0.5, 0.6) is 11.8 Å². The number of pyridine rings is 3. The fourth-order valence-corrected chi connectivity index (χ4v) is 3.90. The summed E-state index contributed by atoms with van der Waals surface area (Å²) in [5, 5.41) is 17.1. The van der Waals surface area contributed by atoms with Gasteiger partial charge in [-0.05, 0) is 92.7 Å². The molecule has 3 aromatic carbocycles. The Balaban J connectivity index is 0.000000230. The summed E-state index contributed by atoms with van der Waals surface area (Å²) < 4.78 is 48.2. The molecule has 0 fully saturated rings. The van der Waals surface area contributed by atoms with E-state index in [4.69, 9.17) is 19.5 Å². The Morgan fingerprint density at radius 1 is 0.612 bits per heavy atom. The highest BCUT2D eigenvalue weighted by atomic mass is 79.9. The molecule has 6 aromatic rings. The second-order valence-electron chi connectivity index (χ2n) is 9.49. The van der Waals surface area contributed by atoms with Crippen LogP contribution in [0.1, 0.15) is 7.43 Å². The topological polar surface area (TPSA) is 118 Å². The zero-order valence-corrected chi connectivity index (χ0v) is 27.3. The molecule has 0 aliphatic heterocycles. The van der Waals surface area contributed by atoms with E-state index in [-0.39, 0.29) is 30.4 Å². The van der Waals surface area contributed by atoms with Crippen molar-refractivity contribution in [2.45, 2.75) is 7.43 Å². The fraction of sp³-hybridized carbons (Fsp3) is 0.0833. The van der Waals surface area contributed by atoms with Gasteiger partial charge in [0, 0.05) is 46.8 Å². The van der Waals surface area contributed by atoms with Crippen molar-refractivity contribution in [3.63, 3.8) is 0 Å². The van der Waals surface area contributed by atoms with E-state index in [0.717, 1.165) is 26.7 Å². The average molecular weight is 736 g/mol. The van der Waals surface area contributed by atoms with E-state index >= 15 is 0 Å². The molecular formula is C36H34BBrF3N3O5. The summed E-state index contributed by atoms with van der Waals surface area (Å²) in [5.74, 6) is 0.321. The van der Waals surface area contributed by atoms with Crippen molar-refractivity contribution in [3.8, 4) is 34.0 Å². The number of hydrogen-bond acceptors (Lipinski definition) is 7. The summed E-state index contributed by atoms with van der Waals surface area (Å²) in [4.78, 5) is 21.4. The van der Waals surface area contributed by atoms with Crippen LogP contribution in [0.4, 0.5) is 13.2 Å². The molecule has 0 atom stereocenters. The van der Waals surface area contributed by atoms with E-state index < -0.39 is 7.12 Å². The van der Waals surface area contributed by atoms with Crippen LogP contribution in [0.25, 0.3) is 22.3 Å². The van der Waals surface area contributed by atoms with E-state index in [9.17, 15) is 18.0 Å². The minimum Gasteiger partial charge on any atom is -0.481 e. The molecule has 0 saturated carbocycles. The van der Waals surface area contributed by atoms with Gasteiger partial charge in [0.1, 0.15) is 17.5 Å². The summed E-state index contributed by atoms with van der Waals surface area (Å²) in [6.07, 6.45) is 5.00. The molecule has 254 valence electrons. The van der Waals surface area contributed by atoms with E-state index in [1.165, 1.54) is 54.6 Å². The maximum absolute atomic E-state index is 12.7. The number of nitrogens with zero attached hydrogens (tertiary/aromatic N) is 2. The van der Waals surface area contributed by atoms with Gasteiger partial charge in [0.2, 0.25) is 17.3 Å². The van der Waals surface area contributed by atoms with Crippen LogP contribution in [-0.4, -0.2) is 46.3 Å². The van der Waals surface area contributed by atoms with E-state index in [2.05, 4.69) is 30.9 Å². The maximum atomic E-state index is 12.7. The minimum absolute atomic E-state index is 0. The first-order valence-electron chi connectivity index (χ1n) is 14.1. The molecule has 0 radical (unpaired) electrons. The maximum Gasteiger partial charge on any atom is 0.488 e. The lowest BCUT2D eigenvalue weighted by Gasteiger charge is -2.02. The third-order valence-electron chi connectivity index (χ3n) is 6.16. The molecule has 3 N–H and O–H groups in total. The third kappa shape index (κ3) is 14.2. The lowest BCUT2D eigenvalue weighted by Crippen LogP contribution is -2.29. The first kappa shape index (κ1) is 39.9. The monoisotopic (exact) mass is 735 g/mol. The Morgan fingerprint density at radius 2 is 1.04 bits per heavy atom. The van der Waals surface area contributed by atoms with Crippen molar-refractivity contribution in [1.29, 1.82) is 0 Å². The van der Waals surface area contributed by atoms with Gasteiger partial charge < -0.3 is 24.5 Å². The highest BCUT2D eigenvalue weighted by Crippen LogP contribution is 2.20. The van der Waals surface area contributed by atoms with Crippen molar-refractivity contribution in [3.05, 3.63) is 160 Å². The Morgan fingerprint density at radius 3 is 1.43 bits per heavy atom. The molecule has 13 heteroatoms. The second-order valence-corrected chi connectivity index (χ2v) is 10.4. The summed E-state index contributed by atoms with van der Waals surface area (Å²) in [5.41, 5.74) is 3.77. The quantitative estimate of drug-likeness (QED) is 0.162. The number of aromatic nitrogens is 3. The van der Waals surface area contributed by atoms with Crippen LogP contribution in [0.3, 0.4) is 0 Å². The summed E-state index contributed by atoms with van der Waals surface area (Å²) >= 11 is 3.26. The molecule has 0 unspecified atom stereocenters. The standard InChI is InChI=1S/C12H10FNO.C11H8FNO.C6H6BFO2.C6H6BrNO.CH4/c1-15-12-7-4-10(8-14-12)9-2-5-11(13)6-3-9;12-10-4-1-8(2-5-10)9-3-6-11(14)13-7-9;8-6-3-1-5(2-4-6)7(9)10;1-9-6-3-2-5(7)4-8-6;/h2-8H,1H3;1-7H,(H,13,14);1-4,9-10H;2-4H,1H3;1H4. The number of rotatable bonds is 5. The molecule has 0 spiro atoms. The van der Waals surface area contributed by atoms with Crippen LogP contribution >= 0.6 is 15.9 Å². The predicted octanol–water partition coefficient (Wildman–Crippen LogP) is 7.07. The van der Waals surface area contributed by atoms with Crippen LogP contribution in [0.15, 0.2) is 137 Å². The zero-order chi connectivity index (χ0) is 34.9. The van der Waals surface area contributed by atoms with Crippen LogP contribution in [0.2, 0.25) is 0 Å². The van der Waals surface area contributed by atoms with Crippen LogP contribution in [0, 0.1) is 17.5 Å². The number of halogens is 4. The third-order valence-corrected chi connectivity index (χ3v) is 6.63. The van der Waals surface area contributed by atoms with Gasteiger partial charge in [-0.15, -0.1) is 0 Å². The Labute approximate surface area is 291 Å². The smallest absolute Gasteiger partial charge is 0.481 e. The highest BCUT2D eigenvalue weighted by molar-refractivity contribution is 9.10. The van der Waals surface area contributed by atoms with Crippen molar-refractivity contribution in [1.82, 2.24) is 15.0 Å². The van der Waals surface area contributed by atoms with Crippen molar-refractivity contribution in [2.24, 2.45) is 0 Å². The molecule has 0 amide bonds. The SMILES string of the molecule is C.COc1ccc(-c2ccc(F)cc2)cn1.COc1ccc(Br)cn1.O=c1ccc(-c2ccc(F)cc2)c[nH]1.OB(O)c1ccc(F)cc1. The first-order valence-corrected chi connectivity index (χ1v) is 14.8. The van der Waals surface area contributed by atoms with Gasteiger partial charge in [-0.3, -0.25) is 4.79 Å². The molecule has 49 heavy (non-hydrogen) atoms. The minimum atomic E-state index is -1.51. The number of nitrogens with one attached hydrogen (secondary N) is 1. The number of H-pyrrole nitrogens is 1. The van der Waals surface area contributed by atoms with Gasteiger partial charge in [0.15, 0.2) is 0 Å². The van der Waals surface area contributed by atoms with Crippen LogP contribution < -0.4 is 20.5 Å². The van der Waals surface area contributed by atoms with Crippen molar-refractivity contribution in [2.75, 3.05) is 14.2 Å². The number of ether oxygens (including phenoxy) is 2. The number of methoxy groups -OCH3 is 2. The van der Waals surface area contributed by atoms with Gasteiger partial charge in [0.25, 0.3) is 0 Å². The second kappa shape index (κ2) is 20.9. The molecule has 0 aliphatic rings. The molecule has 0 saturated heterocycles. The number of aromatic amines is 1. The summed E-state index contributed by atoms with van der Waals surface area (Å²) in [6.45, 7) is 0. The number of hydrogen-bond donors (Lipinski definition) is 3. The van der Waals surface area contributed by atoms with Crippen LogP contribution in [-0.2, 0) is 0 Å². The molecule has 3 aromatic heterocycles. The Hall–Kier alpha value is -5.24. The molecular weight excluding hydrogens is 702 g/mol. The fourth-order valence-electron chi connectivity index (χ4n) is 3.66. The van der Waals surface area contributed by atoms with Gasteiger partial charge in [-0.2, -0.15) is 0 Å². The largest absolute Gasteiger partial charge is 0.488 e. The van der Waals surface area contributed by atoms with E-state index in [0.29, 0.717) is 17.2 Å². The molecule has 3 heterocycles. The highest BCUT2D eigenvalue weighted by Gasteiger charge is 2.09. The summed E-state index contributed by atoms with van der Waals surface area (Å²) in [6, 6.07) is 27.9. The Bertz CT molecular complexity index is 1840. The Kier molecular flexibility index (Phi) is 17.0. The molecule has 0 bridgehead atoms. The normalized spacial score (nSPS) is 9.55. The zero-order valence-electron chi connectivity index (χ0n) is 25.7. The van der Waals surface area contributed by atoms with Crippen molar-refractivity contribution < 1.29 is 32.7 Å². The van der Waals surface area contributed by atoms with Gasteiger partial charge in [-0.25, -0.2) is 23.1 Å². The van der Waals surface area contributed by atoms with E-state index in [1.807, 2.05) is 12.1 Å². The van der Waals surface area contributed by atoms with Gasteiger partial charge in [-0.1, -0.05) is 43.8 Å². The van der Waals surface area contributed by atoms with E-state index in [1.54, 1.807) is 75.3 Å². The molecule has 8 nitrogen and oxygen atoms in total. The first-order chi connectivity index (χ1) is 23.1. The van der Waals surface area contributed by atoms with Crippen molar-refractivity contribution >= 4 is 28.5 Å². The lowest BCUT2D eigenvalue weighted by atomic mass is 9.80. The predicted molar refractivity (Wildman–Crippen MR) is 190 cm³/mol. The van der Waals surface area contributed by atoms with Gasteiger partial charge in [0.05, 0.1) is 14.2 Å². The average Bonchev–Trinajstić information content (AvgIpc) is 3.11. The van der Waals surface area contributed by atoms with Gasteiger partial charge >= 0.3 is 7.12 Å². The lowest BCUT2D eigenvalue weighted by molar-refractivity contribution is 0.397. The summed E-state index contributed by atoms with van der Waals surface area (Å²) in [7, 11) is 1.65. The molecule has 0 aliphatic carbocycles.